The Morgan fingerprint density at radius 1 is 1.03 bits per heavy atom. The number of pyridine rings is 1. The average molecular weight is 469 g/mol. The van der Waals surface area contributed by atoms with Gasteiger partial charge in [-0.15, -0.1) is 0 Å². The predicted molar refractivity (Wildman–Crippen MR) is 141 cm³/mol. The van der Waals surface area contributed by atoms with E-state index in [9.17, 15) is 9.90 Å². The first-order valence-electron chi connectivity index (χ1n) is 12.4. The topological polar surface area (TPSA) is 77.5 Å². The number of rotatable bonds is 8. The van der Waals surface area contributed by atoms with E-state index >= 15 is 0 Å². The third-order valence-corrected chi connectivity index (χ3v) is 6.94. The standard InChI is InChI=1S/C29H32N4O2/c34-20-21-4-3-17-33(19-21)29(35)28(18-23-8-7-22-5-1-2-6-27(22)23)32-25-11-9-24(10-12-25)31-26-13-15-30-16-14-26/h1-2,5-6,8-16,21,28,32,34H,3-4,7,17-20H2,(H,30,31). The Balaban J connectivity index is 1.33. The number of nitrogens with one attached hydrogen (secondary N) is 2. The number of likely N-dealkylation sites (tertiary alicyclic amines) is 1. The zero-order valence-corrected chi connectivity index (χ0v) is 19.9. The van der Waals surface area contributed by atoms with E-state index in [0.717, 1.165) is 42.9 Å². The molecular formula is C29H32N4O2. The monoisotopic (exact) mass is 468 g/mol. The second-order valence-electron chi connectivity index (χ2n) is 9.41. The first-order chi connectivity index (χ1) is 17.2. The average Bonchev–Trinajstić information content (AvgIpc) is 3.32. The fraction of sp³-hybridized carbons (Fsp3) is 0.310. The summed E-state index contributed by atoms with van der Waals surface area (Å²) < 4.78 is 0. The van der Waals surface area contributed by atoms with Crippen molar-refractivity contribution in [3.63, 3.8) is 0 Å². The van der Waals surface area contributed by atoms with Crippen LogP contribution < -0.4 is 10.6 Å². The Labute approximate surface area is 206 Å². The molecule has 1 saturated heterocycles. The highest BCUT2D eigenvalue weighted by molar-refractivity contribution is 5.88. The number of allylic oxidation sites excluding steroid dienone is 1. The van der Waals surface area contributed by atoms with Gasteiger partial charge in [0.25, 0.3) is 0 Å². The molecular weight excluding hydrogens is 436 g/mol. The molecule has 5 rings (SSSR count). The molecule has 180 valence electrons. The van der Waals surface area contributed by atoms with E-state index in [0.29, 0.717) is 13.0 Å². The smallest absolute Gasteiger partial charge is 0.245 e. The molecule has 0 radical (unpaired) electrons. The molecule has 1 aliphatic carbocycles. The highest BCUT2D eigenvalue weighted by Gasteiger charge is 2.30. The van der Waals surface area contributed by atoms with Crippen LogP contribution in [0.1, 0.15) is 30.4 Å². The summed E-state index contributed by atoms with van der Waals surface area (Å²) in [4.78, 5) is 19.7. The maximum Gasteiger partial charge on any atom is 0.245 e. The van der Waals surface area contributed by atoms with Gasteiger partial charge in [-0.2, -0.15) is 0 Å². The molecule has 0 spiro atoms. The lowest BCUT2D eigenvalue weighted by Crippen LogP contribution is -2.48. The van der Waals surface area contributed by atoms with Gasteiger partial charge >= 0.3 is 0 Å². The van der Waals surface area contributed by atoms with Crippen LogP contribution >= 0.6 is 0 Å². The van der Waals surface area contributed by atoms with Crippen LogP contribution in [-0.4, -0.2) is 46.6 Å². The summed E-state index contributed by atoms with van der Waals surface area (Å²) in [6.07, 6.45) is 9.22. The maximum absolute atomic E-state index is 13.7. The molecule has 1 amide bonds. The van der Waals surface area contributed by atoms with Crippen molar-refractivity contribution >= 4 is 28.5 Å². The van der Waals surface area contributed by atoms with Gasteiger partial charge in [-0.1, -0.05) is 30.3 Å². The first kappa shape index (κ1) is 23.1. The molecule has 3 N–H and O–H groups in total. The molecule has 2 aliphatic rings. The highest BCUT2D eigenvalue weighted by Crippen LogP contribution is 2.32. The number of aromatic nitrogens is 1. The predicted octanol–water partition coefficient (Wildman–Crippen LogP) is 4.87. The second-order valence-corrected chi connectivity index (χ2v) is 9.41. The van der Waals surface area contributed by atoms with Gasteiger partial charge in [-0.3, -0.25) is 9.78 Å². The molecule has 1 aromatic heterocycles. The van der Waals surface area contributed by atoms with Crippen LogP contribution in [0.15, 0.2) is 79.1 Å². The molecule has 35 heavy (non-hydrogen) atoms. The van der Waals surface area contributed by atoms with E-state index in [1.54, 1.807) is 12.4 Å². The number of carbonyl (C=O) groups is 1. The van der Waals surface area contributed by atoms with Crippen molar-refractivity contribution in [3.05, 3.63) is 90.3 Å². The lowest BCUT2D eigenvalue weighted by atomic mass is 9.95. The van der Waals surface area contributed by atoms with E-state index in [1.165, 1.54) is 16.7 Å². The molecule has 2 heterocycles. The number of aliphatic hydroxyl groups excluding tert-OH is 1. The Morgan fingerprint density at radius 2 is 1.77 bits per heavy atom. The van der Waals surface area contributed by atoms with Crippen molar-refractivity contribution in [1.29, 1.82) is 0 Å². The molecule has 0 bridgehead atoms. The zero-order chi connectivity index (χ0) is 24.0. The van der Waals surface area contributed by atoms with Crippen LogP contribution in [0.25, 0.3) is 5.57 Å². The molecule has 0 saturated carbocycles. The number of aliphatic hydroxyl groups is 1. The van der Waals surface area contributed by atoms with Crippen LogP contribution in [0.4, 0.5) is 17.1 Å². The van der Waals surface area contributed by atoms with Gasteiger partial charge in [0.2, 0.25) is 5.91 Å². The van der Waals surface area contributed by atoms with Crippen LogP contribution in [0.3, 0.4) is 0 Å². The minimum Gasteiger partial charge on any atom is -0.396 e. The highest BCUT2D eigenvalue weighted by atomic mass is 16.3. The molecule has 6 heteroatoms. The quantitative estimate of drug-likeness (QED) is 0.440. The lowest BCUT2D eigenvalue weighted by Gasteiger charge is -2.35. The molecule has 1 aliphatic heterocycles. The molecule has 3 aromatic rings. The van der Waals surface area contributed by atoms with Crippen LogP contribution in [0.5, 0.6) is 0 Å². The van der Waals surface area contributed by atoms with Crippen LogP contribution in [-0.2, 0) is 11.2 Å². The first-order valence-corrected chi connectivity index (χ1v) is 12.4. The van der Waals surface area contributed by atoms with Crippen molar-refractivity contribution in [2.75, 3.05) is 30.3 Å². The molecule has 2 unspecified atom stereocenters. The molecule has 1 fully saturated rings. The number of fused-ring (bicyclic) bond motifs is 1. The summed E-state index contributed by atoms with van der Waals surface area (Å²) >= 11 is 0. The van der Waals surface area contributed by atoms with Gasteiger partial charge < -0.3 is 20.6 Å². The fourth-order valence-electron chi connectivity index (χ4n) is 5.06. The third kappa shape index (κ3) is 5.54. The van der Waals surface area contributed by atoms with Crippen molar-refractivity contribution in [3.8, 4) is 0 Å². The third-order valence-electron chi connectivity index (χ3n) is 6.94. The molecule has 2 atom stereocenters. The number of amides is 1. The van der Waals surface area contributed by atoms with E-state index < -0.39 is 0 Å². The summed E-state index contributed by atoms with van der Waals surface area (Å²) in [6, 6.07) is 20.0. The van der Waals surface area contributed by atoms with E-state index in [-0.39, 0.29) is 24.5 Å². The zero-order valence-electron chi connectivity index (χ0n) is 19.9. The molecule has 6 nitrogen and oxygen atoms in total. The van der Waals surface area contributed by atoms with Crippen molar-refractivity contribution in [1.82, 2.24) is 9.88 Å². The van der Waals surface area contributed by atoms with Gasteiger partial charge in [0, 0.05) is 55.6 Å². The normalized spacial score (nSPS) is 17.9. The largest absolute Gasteiger partial charge is 0.396 e. The van der Waals surface area contributed by atoms with Gasteiger partial charge in [0.15, 0.2) is 0 Å². The van der Waals surface area contributed by atoms with Gasteiger partial charge in [0.05, 0.1) is 0 Å². The number of hydrogen-bond acceptors (Lipinski definition) is 5. The van der Waals surface area contributed by atoms with E-state index in [2.05, 4.69) is 46.0 Å². The summed E-state index contributed by atoms with van der Waals surface area (Å²) in [7, 11) is 0. The lowest BCUT2D eigenvalue weighted by molar-refractivity contribution is -0.134. The summed E-state index contributed by atoms with van der Waals surface area (Å²) in [5, 5.41) is 16.6. The second kappa shape index (κ2) is 10.7. The van der Waals surface area contributed by atoms with Crippen molar-refractivity contribution in [2.24, 2.45) is 5.92 Å². The minimum absolute atomic E-state index is 0.104. The van der Waals surface area contributed by atoms with Gasteiger partial charge in [-0.05, 0) is 78.3 Å². The summed E-state index contributed by atoms with van der Waals surface area (Å²) in [5.41, 5.74) is 6.64. The van der Waals surface area contributed by atoms with Crippen molar-refractivity contribution < 1.29 is 9.90 Å². The Kier molecular flexibility index (Phi) is 7.09. The number of piperidine rings is 1. The summed E-state index contributed by atoms with van der Waals surface area (Å²) in [6.45, 7) is 1.50. The van der Waals surface area contributed by atoms with Gasteiger partial charge in [-0.25, -0.2) is 0 Å². The Morgan fingerprint density at radius 3 is 2.57 bits per heavy atom. The Hall–Kier alpha value is -3.64. The maximum atomic E-state index is 13.7. The van der Waals surface area contributed by atoms with E-state index in [4.69, 9.17) is 0 Å². The van der Waals surface area contributed by atoms with Crippen LogP contribution in [0, 0.1) is 5.92 Å². The molecule has 2 aromatic carbocycles. The number of anilines is 3. The van der Waals surface area contributed by atoms with Crippen molar-refractivity contribution in [2.45, 2.75) is 31.7 Å². The number of carbonyl (C=O) groups excluding carboxylic acids is 1. The Bertz CT molecular complexity index is 1180. The SMILES string of the molecule is O=C(C(CC1=CCc2ccccc21)Nc1ccc(Nc2ccncc2)cc1)N1CCCC(CO)C1. The van der Waals surface area contributed by atoms with Gasteiger partial charge in [0.1, 0.15) is 6.04 Å². The van der Waals surface area contributed by atoms with E-state index in [1.807, 2.05) is 41.3 Å². The number of nitrogens with zero attached hydrogens (tertiary/aromatic N) is 2. The number of benzene rings is 2. The summed E-state index contributed by atoms with van der Waals surface area (Å²) in [5.74, 6) is 0.269. The minimum atomic E-state index is -0.371. The fourth-order valence-corrected chi connectivity index (χ4v) is 5.06. The number of hydrogen-bond donors (Lipinski definition) is 3. The van der Waals surface area contributed by atoms with Crippen LogP contribution in [0.2, 0.25) is 0 Å².